The van der Waals surface area contributed by atoms with Crippen molar-refractivity contribution in [2.45, 2.75) is 20.4 Å². The minimum Gasteiger partial charge on any atom is -0.294 e. The summed E-state index contributed by atoms with van der Waals surface area (Å²) in [4.78, 5) is 27.3. The van der Waals surface area contributed by atoms with Gasteiger partial charge in [0.05, 0.1) is 27.9 Å². The highest BCUT2D eigenvalue weighted by molar-refractivity contribution is 7.25. The van der Waals surface area contributed by atoms with Crippen LogP contribution in [0.3, 0.4) is 0 Å². The number of thiophene rings is 1. The van der Waals surface area contributed by atoms with E-state index >= 15 is 0 Å². The van der Waals surface area contributed by atoms with E-state index in [-0.39, 0.29) is 5.56 Å². The molecule has 5 nitrogen and oxygen atoms in total. The van der Waals surface area contributed by atoms with Gasteiger partial charge in [0, 0.05) is 12.1 Å². The summed E-state index contributed by atoms with van der Waals surface area (Å²) >= 11 is 7.62. The third kappa shape index (κ3) is 2.71. The second-order valence-corrected chi connectivity index (χ2v) is 7.61. The summed E-state index contributed by atoms with van der Waals surface area (Å²) in [5.41, 5.74) is 3.01. The number of halogens is 1. The standard InChI is InChI=1S/C19H15ClN4OS/c1-10(2)8-24-9-21-15-14-11(3)22-17(12-6-4-5-7-13(12)20)23-18(14)26-16(15)19(24)25/h4-7,9H,1,8H2,2-3H3. The van der Waals surface area contributed by atoms with Crippen molar-refractivity contribution in [2.24, 2.45) is 0 Å². The van der Waals surface area contributed by atoms with E-state index in [4.69, 9.17) is 11.6 Å². The fraction of sp³-hybridized carbons (Fsp3) is 0.158. The Hall–Kier alpha value is -2.57. The highest BCUT2D eigenvalue weighted by Gasteiger charge is 2.17. The molecule has 0 saturated heterocycles. The number of benzene rings is 1. The Bertz CT molecular complexity index is 1240. The molecule has 0 N–H and O–H groups in total. The number of hydrogen-bond donors (Lipinski definition) is 0. The molecule has 130 valence electrons. The number of allylic oxidation sites excluding steroid dienone is 1. The summed E-state index contributed by atoms with van der Waals surface area (Å²) in [6, 6.07) is 7.45. The predicted molar refractivity (Wildman–Crippen MR) is 107 cm³/mol. The Morgan fingerprint density at radius 2 is 2.08 bits per heavy atom. The van der Waals surface area contributed by atoms with Crippen molar-refractivity contribution in [3.05, 3.63) is 63.8 Å². The number of nitrogens with zero attached hydrogens (tertiary/aromatic N) is 4. The minimum absolute atomic E-state index is 0.0836. The van der Waals surface area contributed by atoms with Crippen molar-refractivity contribution in [2.75, 3.05) is 0 Å². The maximum atomic E-state index is 12.8. The van der Waals surface area contributed by atoms with Crippen LogP contribution in [0.4, 0.5) is 0 Å². The van der Waals surface area contributed by atoms with E-state index in [2.05, 4.69) is 21.5 Å². The molecule has 0 fully saturated rings. The lowest BCUT2D eigenvalue weighted by molar-refractivity contribution is 0.740. The van der Waals surface area contributed by atoms with Gasteiger partial charge in [-0.25, -0.2) is 15.0 Å². The van der Waals surface area contributed by atoms with Gasteiger partial charge < -0.3 is 0 Å². The van der Waals surface area contributed by atoms with Crippen molar-refractivity contribution < 1.29 is 0 Å². The van der Waals surface area contributed by atoms with E-state index in [0.717, 1.165) is 27.0 Å². The molecule has 4 rings (SSSR count). The first-order valence-electron chi connectivity index (χ1n) is 8.01. The zero-order valence-electron chi connectivity index (χ0n) is 14.3. The molecule has 7 heteroatoms. The van der Waals surface area contributed by atoms with Gasteiger partial charge in [-0.15, -0.1) is 11.3 Å². The summed E-state index contributed by atoms with van der Waals surface area (Å²) in [7, 11) is 0. The normalized spacial score (nSPS) is 11.3. The van der Waals surface area contributed by atoms with Crippen molar-refractivity contribution in [3.63, 3.8) is 0 Å². The molecule has 0 spiro atoms. The van der Waals surface area contributed by atoms with Crippen LogP contribution in [-0.2, 0) is 6.54 Å². The first-order chi connectivity index (χ1) is 12.5. The molecule has 1 aromatic carbocycles. The maximum absolute atomic E-state index is 12.8. The molecule has 0 unspecified atom stereocenters. The Balaban J connectivity index is 1.99. The number of aryl methyl sites for hydroxylation is 1. The van der Waals surface area contributed by atoms with Gasteiger partial charge in [-0.05, 0) is 26.0 Å². The highest BCUT2D eigenvalue weighted by Crippen LogP contribution is 2.33. The topological polar surface area (TPSA) is 60.7 Å². The molecule has 0 saturated carbocycles. The van der Waals surface area contributed by atoms with E-state index in [1.54, 1.807) is 10.9 Å². The molecule has 3 aromatic heterocycles. The molecule has 0 radical (unpaired) electrons. The van der Waals surface area contributed by atoms with E-state index in [1.165, 1.54) is 11.3 Å². The van der Waals surface area contributed by atoms with Crippen LogP contribution < -0.4 is 5.56 Å². The second-order valence-electron chi connectivity index (χ2n) is 6.21. The van der Waals surface area contributed by atoms with Crippen LogP contribution in [0.5, 0.6) is 0 Å². The van der Waals surface area contributed by atoms with Gasteiger partial charge in [0.15, 0.2) is 5.82 Å². The van der Waals surface area contributed by atoms with Gasteiger partial charge in [0.25, 0.3) is 5.56 Å². The molecule has 3 heterocycles. The molecular weight excluding hydrogens is 368 g/mol. The first-order valence-corrected chi connectivity index (χ1v) is 9.20. The van der Waals surface area contributed by atoms with Gasteiger partial charge in [-0.2, -0.15) is 0 Å². The summed E-state index contributed by atoms with van der Waals surface area (Å²) in [5.74, 6) is 0.550. The van der Waals surface area contributed by atoms with Gasteiger partial charge in [0.1, 0.15) is 9.53 Å². The number of fused-ring (bicyclic) bond motifs is 3. The number of rotatable bonds is 3. The molecule has 26 heavy (non-hydrogen) atoms. The highest BCUT2D eigenvalue weighted by atomic mass is 35.5. The molecule has 4 aromatic rings. The third-order valence-corrected chi connectivity index (χ3v) is 5.43. The number of hydrogen-bond acceptors (Lipinski definition) is 5. The summed E-state index contributed by atoms with van der Waals surface area (Å²) < 4.78 is 2.15. The van der Waals surface area contributed by atoms with Gasteiger partial charge in [0.2, 0.25) is 0 Å². The van der Waals surface area contributed by atoms with Gasteiger partial charge in [-0.3, -0.25) is 9.36 Å². The van der Waals surface area contributed by atoms with Crippen molar-refractivity contribution in [1.29, 1.82) is 0 Å². The lowest BCUT2D eigenvalue weighted by Gasteiger charge is -2.05. The first kappa shape index (κ1) is 16.9. The summed E-state index contributed by atoms with van der Waals surface area (Å²) in [6.07, 6.45) is 1.56. The molecule has 0 amide bonds. The van der Waals surface area contributed by atoms with E-state index in [1.807, 2.05) is 38.1 Å². The van der Waals surface area contributed by atoms with Gasteiger partial charge in [-0.1, -0.05) is 35.9 Å². The molecule has 0 atom stereocenters. The van der Waals surface area contributed by atoms with E-state index < -0.39 is 0 Å². The zero-order chi connectivity index (χ0) is 18.4. The van der Waals surface area contributed by atoms with Crippen LogP contribution in [-0.4, -0.2) is 19.5 Å². The van der Waals surface area contributed by atoms with Crippen molar-refractivity contribution >= 4 is 43.4 Å². The number of aromatic nitrogens is 4. The Morgan fingerprint density at radius 3 is 2.81 bits per heavy atom. The zero-order valence-corrected chi connectivity index (χ0v) is 15.9. The summed E-state index contributed by atoms with van der Waals surface area (Å²) in [5, 5.41) is 1.41. The predicted octanol–water partition coefficient (Wildman–Crippen LogP) is 4.61. The summed E-state index contributed by atoms with van der Waals surface area (Å²) in [6.45, 7) is 8.10. The fourth-order valence-electron chi connectivity index (χ4n) is 2.90. The van der Waals surface area contributed by atoms with Crippen LogP contribution in [0.1, 0.15) is 12.6 Å². The maximum Gasteiger partial charge on any atom is 0.271 e. The monoisotopic (exact) mass is 382 g/mol. The molecule has 0 aliphatic rings. The van der Waals surface area contributed by atoms with Crippen LogP contribution >= 0.6 is 22.9 Å². The molecule has 0 aliphatic heterocycles. The smallest absolute Gasteiger partial charge is 0.271 e. The Morgan fingerprint density at radius 1 is 1.31 bits per heavy atom. The average molecular weight is 383 g/mol. The second kappa shape index (κ2) is 6.30. The van der Waals surface area contributed by atoms with Gasteiger partial charge >= 0.3 is 0 Å². The third-order valence-electron chi connectivity index (χ3n) is 4.04. The van der Waals surface area contributed by atoms with E-state index in [9.17, 15) is 4.79 Å². The fourth-order valence-corrected chi connectivity index (χ4v) is 4.24. The molecular formula is C19H15ClN4OS. The lowest BCUT2D eigenvalue weighted by atomic mass is 10.2. The largest absolute Gasteiger partial charge is 0.294 e. The average Bonchev–Trinajstić information content (AvgIpc) is 2.97. The van der Waals surface area contributed by atoms with E-state index in [0.29, 0.717) is 27.6 Å². The Labute approximate surface area is 158 Å². The quantitative estimate of drug-likeness (QED) is 0.485. The van der Waals surface area contributed by atoms with Crippen LogP contribution in [0.15, 0.2) is 47.5 Å². The van der Waals surface area contributed by atoms with Crippen LogP contribution in [0.25, 0.3) is 31.8 Å². The van der Waals surface area contributed by atoms with Crippen molar-refractivity contribution in [3.8, 4) is 11.4 Å². The van der Waals surface area contributed by atoms with Crippen LogP contribution in [0.2, 0.25) is 5.02 Å². The van der Waals surface area contributed by atoms with Crippen LogP contribution in [0, 0.1) is 6.92 Å². The Kier molecular flexibility index (Phi) is 4.09. The van der Waals surface area contributed by atoms with Crippen molar-refractivity contribution in [1.82, 2.24) is 19.5 Å². The molecule has 0 bridgehead atoms. The molecule has 0 aliphatic carbocycles. The SMILES string of the molecule is C=C(C)Cn1cnc2c(sc3nc(-c4ccccc4Cl)nc(C)c32)c1=O. The lowest BCUT2D eigenvalue weighted by Crippen LogP contribution is -2.19. The minimum atomic E-state index is -0.0836.